The largest absolute Gasteiger partial charge is 0.508 e. The maximum Gasteiger partial charge on any atom is 0.150 e. The summed E-state index contributed by atoms with van der Waals surface area (Å²) in [5.74, 6) is -0.611. The van der Waals surface area contributed by atoms with Crippen LogP contribution in [0.2, 0.25) is 0 Å². The predicted octanol–water partition coefficient (Wildman–Crippen LogP) is 2.15. The third kappa shape index (κ3) is 1.61. The molecule has 0 spiro atoms. The predicted molar refractivity (Wildman–Crippen MR) is 49.2 cm³/mol. The molecule has 0 heterocycles. The van der Waals surface area contributed by atoms with E-state index in [1.54, 1.807) is 13.8 Å². The number of rotatable bonds is 0. The normalized spacial score (nSPS) is 9.25. The van der Waals surface area contributed by atoms with Gasteiger partial charge in [0.05, 0.1) is 5.69 Å². The lowest BCUT2D eigenvalue weighted by Gasteiger charge is -2.06. The topological polar surface area (TPSA) is 46.2 Å². The Labute approximate surface area is 76.6 Å². The summed E-state index contributed by atoms with van der Waals surface area (Å²) < 4.78 is 12.7. The zero-order chi connectivity index (χ0) is 8.59. The van der Waals surface area contributed by atoms with Gasteiger partial charge in [-0.05, 0) is 25.0 Å². The quantitative estimate of drug-likeness (QED) is 0.488. The first-order valence-electron chi connectivity index (χ1n) is 3.28. The number of nitrogen functional groups attached to an aromatic ring is 1. The van der Waals surface area contributed by atoms with Crippen molar-refractivity contribution in [3.8, 4) is 5.75 Å². The van der Waals surface area contributed by atoms with Gasteiger partial charge in [-0.15, -0.1) is 12.4 Å². The van der Waals surface area contributed by atoms with E-state index in [4.69, 9.17) is 10.8 Å². The van der Waals surface area contributed by atoms with Gasteiger partial charge in [0.2, 0.25) is 0 Å². The molecule has 1 aromatic carbocycles. The van der Waals surface area contributed by atoms with Crippen molar-refractivity contribution >= 4 is 18.1 Å². The maximum absolute atomic E-state index is 12.7. The van der Waals surface area contributed by atoms with Crippen LogP contribution in [0, 0.1) is 19.7 Å². The van der Waals surface area contributed by atoms with Crippen molar-refractivity contribution in [2.24, 2.45) is 0 Å². The van der Waals surface area contributed by atoms with Crippen LogP contribution in [0.25, 0.3) is 0 Å². The number of nitrogens with two attached hydrogens (primary N) is 1. The second-order valence-electron chi connectivity index (χ2n) is 2.54. The Balaban J connectivity index is 0.00000121. The van der Waals surface area contributed by atoms with E-state index in [2.05, 4.69) is 0 Å². The van der Waals surface area contributed by atoms with E-state index in [1.165, 1.54) is 0 Å². The Morgan fingerprint density at radius 1 is 1.33 bits per heavy atom. The average Bonchev–Trinajstić information content (AvgIpc) is 1.97. The van der Waals surface area contributed by atoms with Crippen LogP contribution in [0.1, 0.15) is 11.1 Å². The zero-order valence-corrected chi connectivity index (χ0v) is 7.70. The number of phenolic OH excluding ortho intramolecular Hbond substituents is 1. The molecule has 0 aliphatic heterocycles. The SMILES string of the molecule is Cc1c(O)cc(F)c(N)c1C.Cl. The molecule has 0 unspecified atom stereocenters. The van der Waals surface area contributed by atoms with Crippen molar-refractivity contribution in [2.45, 2.75) is 13.8 Å². The van der Waals surface area contributed by atoms with Gasteiger partial charge >= 0.3 is 0 Å². The summed E-state index contributed by atoms with van der Waals surface area (Å²) in [5, 5.41) is 9.11. The van der Waals surface area contributed by atoms with Gasteiger partial charge in [0.25, 0.3) is 0 Å². The van der Waals surface area contributed by atoms with E-state index in [9.17, 15) is 4.39 Å². The molecular weight excluding hydrogens is 181 g/mol. The van der Waals surface area contributed by atoms with E-state index >= 15 is 0 Å². The molecule has 1 rings (SSSR count). The Morgan fingerprint density at radius 2 is 1.83 bits per heavy atom. The monoisotopic (exact) mass is 191 g/mol. The van der Waals surface area contributed by atoms with Crippen LogP contribution in [0.4, 0.5) is 10.1 Å². The molecule has 3 N–H and O–H groups in total. The number of halogens is 2. The van der Waals surface area contributed by atoms with Crippen molar-refractivity contribution in [3.05, 3.63) is 23.0 Å². The molecule has 0 aromatic heterocycles. The van der Waals surface area contributed by atoms with Crippen LogP contribution in [-0.2, 0) is 0 Å². The highest BCUT2D eigenvalue weighted by Gasteiger charge is 2.08. The minimum atomic E-state index is -0.564. The Bertz CT molecular complexity index is 275. The third-order valence-electron chi connectivity index (χ3n) is 1.87. The summed E-state index contributed by atoms with van der Waals surface area (Å²) >= 11 is 0. The van der Waals surface area contributed by atoms with Crippen LogP contribution in [0.3, 0.4) is 0 Å². The lowest BCUT2D eigenvalue weighted by Crippen LogP contribution is -1.96. The highest BCUT2D eigenvalue weighted by molar-refractivity contribution is 5.85. The van der Waals surface area contributed by atoms with Crippen LogP contribution < -0.4 is 5.73 Å². The molecule has 0 aliphatic carbocycles. The van der Waals surface area contributed by atoms with Crippen molar-refractivity contribution < 1.29 is 9.50 Å². The lowest BCUT2D eigenvalue weighted by atomic mass is 10.1. The molecule has 0 bridgehead atoms. The summed E-state index contributed by atoms with van der Waals surface area (Å²) in [7, 11) is 0. The smallest absolute Gasteiger partial charge is 0.150 e. The number of hydrogen-bond acceptors (Lipinski definition) is 2. The number of hydrogen-bond donors (Lipinski definition) is 2. The van der Waals surface area contributed by atoms with Gasteiger partial charge < -0.3 is 10.8 Å². The van der Waals surface area contributed by atoms with Crippen molar-refractivity contribution in [1.82, 2.24) is 0 Å². The third-order valence-corrected chi connectivity index (χ3v) is 1.87. The molecule has 0 atom stereocenters. The maximum atomic E-state index is 12.7. The van der Waals surface area contributed by atoms with E-state index in [-0.39, 0.29) is 23.8 Å². The average molecular weight is 192 g/mol. The van der Waals surface area contributed by atoms with Crippen molar-refractivity contribution in [1.29, 1.82) is 0 Å². The van der Waals surface area contributed by atoms with E-state index in [0.717, 1.165) is 6.07 Å². The molecule has 0 amide bonds. The second kappa shape index (κ2) is 3.63. The molecule has 0 aliphatic rings. The second-order valence-corrected chi connectivity index (χ2v) is 2.54. The first-order valence-corrected chi connectivity index (χ1v) is 3.28. The fourth-order valence-electron chi connectivity index (χ4n) is 0.879. The number of phenols is 1. The fourth-order valence-corrected chi connectivity index (χ4v) is 0.879. The summed E-state index contributed by atoms with van der Waals surface area (Å²) in [6, 6.07) is 1.03. The van der Waals surface area contributed by atoms with Gasteiger partial charge in [0, 0.05) is 6.07 Å². The van der Waals surface area contributed by atoms with E-state index in [1.807, 2.05) is 0 Å². The summed E-state index contributed by atoms with van der Waals surface area (Å²) in [4.78, 5) is 0. The molecule has 0 saturated heterocycles. The molecule has 4 heteroatoms. The Hall–Kier alpha value is -0.960. The Kier molecular flexibility index (Phi) is 3.34. The molecule has 0 saturated carbocycles. The molecule has 1 aromatic rings. The van der Waals surface area contributed by atoms with Gasteiger partial charge in [-0.1, -0.05) is 0 Å². The van der Waals surface area contributed by atoms with Crippen molar-refractivity contribution in [3.63, 3.8) is 0 Å². The van der Waals surface area contributed by atoms with Crippen LogP contribution >= 0.6 is 12.4 Å². The standard InChI is InChI=1S/C8H10FNO.ClH/c1-4-5(2)8(10)6(9)3-7(4)11;/h3,11H,10H2,1-2H3;1H. The lowest BCUT2D eigenvalue weighted by molar-refractivity contribution is 0.464. The zero-order valence-electron chi connectivity index (χ0n) is 6.89. The Morgan fingerprint density at radius 3 is 2.33 bits per heavy atom. The minimum absolute atomic E-state index is 0. The molecule has 12 heavy (non-hydrogen) atoms. The van der Waals surface area contributed by atoms with Crippen LogP contribution in [-0.4, -0.2) is 5.11 Å². The fraction of sp³-hybridized carbons (Fsp3) is 0.250. The highest BCUT2D eigenvalue weighted by atomic mass is 35.5. The molecule has 0 fully saturated rings. The van der Waals surface area contributed by atoms with Gasteiger partial charge in [-0.25, -0.2) is 4.39 Å². The summed E-state index contributed by atoms with van der Waals surface area (Å²) in [6.45, 7) is 3.37. The van der Waals surface area contributed by atoms with Crippen molar-refractivity contribution in [2.75, 3.05) is 5.73 Å². The van der Waals surface area contributed by atoms with Crippen LogP contribution in [0.15, 0.2) is 6.07 Å². The van der Waals surface area contributed by atoms with Crippen LogP contribution in [0.5, 0.6) is 5.75 Å². The van der Waals surface area contributed by atoms with E-state index < -0.39 is 5.82 Å². The minimum Gasteiger partial charge on any atom is -0.508 e. The summed E-state index contributed by atoms with van der Waals surface area (Å²) in [6.07, 6.45) is 0. The first-order chi connectivity index (χ1) is 5.04. The van der Waals surface area contributed by atoms with Gasteiger partial charge in [0.1, 0.15) is 11.6 Å². The van der Waals surface area contributed by atoms with Gasteiger partial charge in [-0.3, -0.25) is 0 Å². The summed E-state index contributed by atoms with van der Waals surface area (Å²) in [5.41, 5.74) is 6.70. The molecule has 0 radical (unpaired) electrons. The number of anilines is 1. The number of aromatic hydroxyl groups is 1. The first kappa shape index (κ1) is 11.0. The van der Waals surface area contributed by atoms with Gasteiger partial charge in [0.15, 0.2) is 0 Å². The molecule has 2 nitrogen and oxygen atoms in total. The molecule has 68 valence electrons. The highest BCUT2D eigenvalue weighted by Crippen LogP contribution is 2.27. The van der Waals surface area contributed by atoms with E-state index in [0.29, 0.717) is 11.1 Å². The number of benzene rings is 1. The molecular formula is C8H11ClFNO. The van der Waals surface area contributed by atoms with Gasteiger partial charge in [-0.2, -0.15) is 0 Å².